The predicted molar refractivity (Wildman–Crippen MR) is 62.4 cm³/mol. The Labute approximate surface area is 91.6 Å². The van der Waals surface area contributed by atoms with Crippen molar-refractivity contribution in [1.29, 1.82) is 0 Å². The summed E-state index contributed by atoms with van der Waals surface area (Å²) in [6, 6.07) is 0.162. The van der Waals surface area contributed by atoms with Crippen LogP contribution in [-0.4, -0.2) is 42.7 Å². The van der Waals surface area contributed by atoms with Gasteiger partial charge in [-0.1, -0.05) is 12.2 Å². The minimum absolute atomic E-state index is 0.162. The number of hydrogen-bond acceptors (Lipinski definition) is 3. The second-order valence-corrected chi connectivity index (χ2v) is 4.55. The second-order valence-electron chi connectivity index (χ2n) is 4.08. The molecule has 0 saturated heterocycles. The van der Waals surface area contributed by atoms with E-state index in [1.165, 1.54) is 12.8 Å². The van der Waals surface area contributed by atoms with E-state index in [2.05, 4.69) is 4.90 Å². The van der Waals surface area contributed by atoms with Crippen LogP contribution >= 0.6 is 12.2 Å². The molecule has 0 aromatic heterocycles. The minimum Gasteiger partial charge on any atom is -0.392 e. The molecule has 1 rings (SSSR count). The fourth-order valence-corrected chi connectivity index (χ4v) is 1.33. The first kappa shape index (κ1) is 11.9. The maximum Gasteiger partial charge on any atom is 0.0899 e. The maximum atomic E-state index is 5.55. The number of likely N-dealkylation sites (N-methyl/N-ethyl adjacent to an activating group) is 1. The molecule has 0 amide bonds. The van der Waals surface area contributed by atoms with Gasteiger partial charge in [0.25, 0.3) is 0 Å². The summed E-state index contributed by atoms with van der Waals surface area (Å²) in [7, 11) is 2.02. The van der Waals surface area contributed by atoms with Crippen LogP contribution in [0.2, 0.25) is 0 Å². The van der Waals surface area contributed by atoms with Gasteiger partial charge in [0.1, 0.15) is 0 Å². The van der Waals surface area contributed by atoms with Gasteiger partial charge in [-0.25, -0.2) is 0 Å². The zero-order valence-electron chi connectivity index (χ0n) is 9.03. The molecule has 2 N–H and O–H groups in total. The van der Waals surface area contributed by atoms with Crippen LogP contribution in [0.25, 0.3) is 0 Å². The van der Waals surface area contributed by atoms with E-state index < -0.39 is 0 Å². The zero-order chi connectivity index (χ0) is 10.6. The van der Waals surface area contributed by atoms with Crippen molar-refractivity contribution in [2.45, 2.75) is 25.8 Å². The molecule has 82 valence electrons. The maximum absolute atomic E-state index is 5.55. The molecular weight excluding hydrogens is 196 g/mol. The van der Waals surface area contributed by atoms with Crippen LogP contribution in [-0.2, 0) is 4.74 Å². The molecule has 1 unspecified atom stereocenters. The van der Waals surface area contributed by atoms with Crippen LogP contribution in [0.4, 0.5) is 0 Å². The average molecular weight is 216 g/mol. The SMILES string of the molecule is CC(C(N)=S)N(C)CCOCC1CC1. The van der Waals surface area contributed by atoms with Gasteiger partial charge in [0, 0.05) is 13.2 Å². The molecule has 0 aromatic rings. The first-order valence-corrected chi connectivity index (χ1v) is 5.59. The lowest BCUT2D eigenvalue weighted by Gasteiger charge is -2.23. The largest absolute Gasteiger partial charge is 0.392 e. The molecular formula is C10H20N2OS. The molecule has 0 bridgehead atoms. The van der Waals surface area contributed by atoms with Crippen LogP contribution < -0.4 is 5.73 Å². The van der Waals surface area contributed by atoms with Crippen molar-refractivity contribution in [3.8, 4) is 0 Å². The Kier molecular flexibility index (Phi) is 4.78. The third-order valence-electron chi connectivity index (χ3n) is 2.71. The fraction of sp³-hybridized carbons (Fsp3) is 0.900. The Bertz CT molecular complexity index is 195. The molecule has 0 heterocycles. The molecule has 0 spiro atoms. The standard InChI is InChI=1S/C10H20N2OS/c1-8(10(11)14)12(2)5-6-13-7-9-3-4-9/h8-9H,3-7H2,1-2H3,(H2,11,14). The van der Waals surface area contributed by atoms with Crippen LogP contribution in [0.5, 0.6) is 0 Å². The van der Waals surface area contributed by atoms with Crippen LogP contribution in [0, 0.1) is 5.92 Å². The summed E-state index contributed by atoms with van der Waals surface area (Å²) in [6.45, 7) is 4.61. The number of hydrogen-bond donors (Lipinski definition) is 1. The molecule has 0 aliphatic heterocycles. The van der Waals surface area contributed by atoms with Crippen molar-refractivity contribution in [1.82, 2.24) is 4.90 Å². The molecule has 1 fully saturated rings. The van der Waals surface area contributed by atoms with Gasteiger partial charge >= 0.3 is 0 Å². The highest BCUT2D eigenvalue weighted by molar-refractivity contribution is 7.80. The van der Waals surface area contributed by atoms with E-state index in [1.807, 2.05) is 14.0 Å². The number of nitrogens with two attached hydrogens (primary N) is 1. The highest BCUT2D eigenvalue weighted by Gasteiger charge is 2.21. The first-order valence-electron chi connectivity index (χ1n) is 5.18. The van der Waals surface area contributed by atoms with E-state index in [0.29, 0.717) is 4.99 Å². The van der Waals surface area contributed by atoms with E-state index in [9.17, 15) is 0 Å². The molecule has 14 heavy (non-hydrogen) atoms. The monoisotopic (exact) mass is 216 g/mol. The highest BCUT2D eigenvalue weighted by Crippen LogP contribution is 2.28. The number of rotatable bonds is 7. The quantitative estimate of drug-likeness (QED) is 0.509. The lowest BCUT2D eigenvalue weighted by molar-refractivity contribution is 0.100. The Morgan fingerprint density at radius 3 is 2.79 bits per heavy atom. The van der Waals surface area contributed by atoms with Gasteiger partial charge in [-0.05, 0) is 32.7 Å². The topological polar surface area (TPSA) is 38.5 Å². The Morgan fingerprint density at radius 2 is 2.29 bits per heavy atom. The third-order valence-corrected chi connectivity index (χ3v) is 3.05. The smallest absolute Gasteiger partial charge is 0.0899 e. The number of nitrogens with zero attached hydrogens (tertiary/aromatic N) is 1. The van der Waals surface area contributed by atoms with Gasteiger partial charge in [0.05, 0.1) is 17.6 Å². The van der Waals surface area contributed by atoms with Crippen LogP contribution in [0.15, 0.2) is 0 Å². The minimum atomic E-state index is 0.162. The van der Waals surface area contributed by atoms with Crippen molar-refractivity contribution in [2.75, 3.05) is 26.8 Å². The summed E-state index contributed by atoms with van der Waals surface area (Å²) in [4.78, 5) is 2.67. The van der Waals surface area contributed by atoms with Crippen molar-refractivity contribution in [3.63, 3.8) is 0 Å². The molecule has 4 heteroatoms. The molecule has 3 nitrogen and oxygen atoms in total. The van der Waals surface area contributed by atoms with Gasteiger partial charge in [-0.15, -0.1) is 0 Å². The zero-order valence-corrected chi connectivity index (χ0v) is 9.85. The van der Waals surface area contributed by atoms with Gasteiger partial charge in [-0.2, -0.15) is 0 Å². The number of thiocarbonyl (C=S) groups is 1. The molecule has 0 aromatic carbocycles. The Morgan fingerprint density at radius 1 is 1.64 bits per heavy atom. The Balaban J connectivity index is 2.00. The highest BCUT2D eigenvalue weighted by atomic mass is 32.1. The van der Waals surface area contributed by atoms with Crippen LogP contribution in [0.1, 0.15) is 19.8 Å². The third kappa shape index (κ3) is 4.35. The van der Waals surface area contributed by atoms with Crippen LogP contribution in [0.3, 0.4) is 0 Å². The molecule has 1 aliphatic rings. The molecule has 1 saturated carbocycles. The summed E-state index contributed by atoms with van der Waals surface area (Å²) < 4.78 is 5.53. The summed E-state index contributed by atoms with van der Waals surface area (Å²) >= 11 is 4.92. The molecule has 0 radical (unpaired) electrons. The summed E-state index contributed by atoms with van der Waals surface area (Å²) in [5, 5.41) is 0. The van der Waals surface area contributed by atoms with E-state index in [1.54, 1.807) is 0 Å². The van der Waals surface area contributed by atoms with Crippen molar-refractivity contribution < 1.29 is 4.74 Å². The lowest BCUT2D eigenvalue weighted by atomic mass is 10.3. The van der Waals surface area contributed by atoms with E-state index in [0.717, 1.165) is 25.7 Å². The van der Waals surface area contributed by atoms with E-state index in [4.69, 9.17) is 22.7 Å². The number of ether oxygens (including phenoxy) is 1. The van der Waals surface area contributed by atoms with Gasteiger partial charge in [0.2, 0.25) is 0 Å². The lowest BCUT2D eigenvalue weighted by Crippen LogP contribution is -2.40. The molecule has 1 aliphatic carbocycles. The van der Waals surface area contributed by atoms with Gasteiger partial charge < -0.3 is 10.5 Å². The predicted octanol–water partition coefficient (Wildman–Crippen LogP) is 1.02. The van der Waals surface area contributed by atoms with Crippen molar-refractivity contribution in [2.24, 2.45) is 11.7 Å². The van der Waals surface area contributed by atoms with Crippen molar-refractivity contribution >= 4 is 17.2 Å². The average Bonchev–Trinajstić information content (AvgIpc) is 2.94. The van der Waals surface area contributed by atoms with Gasteiger partial charge in [0.15, 0.2) is 0 Å². The van der Waals surface area contributed by atoms with Gasteiger partial charge in [-0.3, -0.25) is 4.90 Å². The summed E-state index contributed by atoms with van der Waals surface area (Å²) in [5.41, 5.74) is 5.55. The summed E-state index contributed by atoms with van der Waals surface area (Å²) in [6.07, 6.45) is 2.69. The fourth-order valence-electron chi connectivity index (χ4n) is 1.15. The first-order chi connectivity index (χ1) is 6.61. The van der Waals surface area contributed by atoms with E-state index >= 15 is 0 Å². The second kappa shape index (κ2) is 5.63. The molecule has 1 atom stereocenters. The Hall–Kier alpha value is -0.190. The normalized spacial score (nSPS) is 18.5. The van der Waals surface area contributed by atoms with Crippen molar-refractivity contribution in [3.05, 3.63) is 0 Å². The summed E-state index contributed by atoms with van der Waals surface area (Å²) in [5.74, 6) is 0.841. The van der Waals surface area contributed by atoms with E-state index in [-0.39, 0.29) is 6.04 Å².